The van der Waals surface area contributed by atoms with Gasteiger partial charge in [0, 0.05) is 6.54 Å². The van der Waals surface area contributed by atoms with Gasteiger partial charge in [-0.1, -0.05) is 31.4 Å². The molecule has 0 saturated heterocycles. The number of rotatable bonds is 5. The fourth-order valence-corrected chi connectivity index (χ4v) is 2.66. The van der Waals surface area contributed by atoms with Crippen LogP contribution in [0.4, 0.5) is 0 Å². The molecule has 2 N–H and O–H groups in total. The molecule has 0 heterocycles. The number of aliphatic hydroxyl groups is 1. The number of carbonyl (C=O) groups excluding carboxylic acids is 1. The lowest BCUT2D eigenvalue weighted by Gasteiger charge is -2.32. The van der Waals surface area contributed by atoms with E-state index in [0.29, 0.717) is 24.5 Å². The van der Waals surface area contributed by atoms with Gasteiger partial charge in [0.15, 0.2) is 0 Å². The van der Waals surface area contributed by atoms with E-state index in [1.165, 1.54) is 6.42 Å². The van der Waals surface area contributed by atoms with Crippen molar-refractivity contribution in [3.05, 3.63) is 29.8 Å². The topological polar surface area (TPSA) is 58.6 Å². The van der Waals surface area contributed by atoms with Gasteiger partial charge in [-0.3, -0.25) is 4.79 Å². The van der Waals surface area contributed by atoms with Crippen molar-refractivity contribution < 1.29 is 14.6 Å². The Morgan fingerprint density at radius 3 is 2.70 bits per heavy atom. The Bertz CT molecular complexity index is 453. The maximum atomic E-state index is 12.2. The highest BCUT2D eigenvalue weighted by atomic mass is 16.5. The zero-order valence-electron chi connectivity index (χ0n) is 12.0. The van der Waals surface area contributed by atoms with Crippen LogP contribution >= 0.6 is 0 Å². The zero-order chi connectivity index (χ0) is 14.4. The number of ether oxygens (including phenoxy) is 1. The van der Waals surface area contributed by atoms with Gasteiger partial charge in [0.25, 0.3) is 5.91 Å². The van der Waals surface area contributed by atoms with Gasteiger partial charge >= 0.3 is 0 Å². The van der Waals surface area contributed by atoms with Crippen molar-refractivity contribution in [3.8, 4) is 5.75 Å². The molecule has 0 atom stereocenters. The molecule has 1 aliphatic rings. The maximum absolute atomic E-state index is 12.2. The number of hydrogen-bond acceptors (Lipinski definition) is 3. The summed E-state index contributed by atoms with van der Waals surface area (Å²) in [6.07, 6.45) is 4.76. The number of para-hydroxylation sites is 1. The third-order valence-electron chi connectivity index (χ3n) is 3.79. The highest BCUT2D eigenvalue weighted by molar-refractivity contribution is 5.96. The first-order valence-corrected chi connectivity index (χ1v) is 7.37. The molecule has 0 aliphatic heterocycles. The summed E-state index contributed by atoms with van der Waals surface area (Å²) in [5, 5.41) is 13.2. The van der Waals surface area contributed by atoms with Gasteiger partial charge in [-0.15, -0.1) is 0 Å². The van der Waals surface area contributed by atoms with Crippen LogP contribution in [-0.4, -0.2) is 29.8 Å². The monoisotopic (exact) mass is 277 g/mol. The Labute approximate surface area is 120 Å². The van der Waals surface area contributed by atoms with Crippen LogP contribution in [0, 0.1) is 0 Å². The Morgan fingerprint density at radius 1 is 1.30 bits per heavy atom. The van der Waals surface area contributed by atoms with Crippen molar-refractivity contribution in [1.82, 2.24) is 5.32 Å². The van der Waals surface area contributed by atoms with Gasteiger partial charge in [-0.25, -0.2) is 0 Å². The fraction of sp³-hybridized carbons (Fsp3) is 0.562. The molecule has 20 heavy (non-hydrogen) atoms. The molecule has 1 amide bonds. The maximum Gasteiger partial charge on any atom is 0.255 e. The summed E-state index contributed by atoms with van der Waals surface area (Å²) in [5.41, 5.74) is -0.220. The predicted molar refractivity (Wildman–Crippen MR) is 78.0 cm³/mol. The molecular formula is C16H23NO3. The van der Waals surface area contributed by atoms with E-state index in [0.717, 1.165) is 25.7 Å². The summed E-state index contributed by atoms with van der Waals surface area (Å²) >= 11 is 0. The average Bonchev–Trinajstić information content (AvgIpc) is 2.47. The van der Waals surface area contributed by atoms with Crippen LogP contribution in [-0.2, 0) is 0 Å². The van der Waals surface area contributed by atoms with Crippen LogP contribution in [0.2, 0.25) is 0 Å². The molecule has 1 aliphatic carbocycles. The standard InChI is InChI=1S/C16H23NO3/c1-2-20-14-9-5-4-8-13(14)15(18)17-12-16(19)10-6-3-7-11-16/h4-5,8-9,19H,2-3,6-7,10-12H2,1H3,(H,17,18). The molecular weight excluding hydrogens is 254 g/mol. The van der Waals surface area contributed by atoms with Crippen LogP contribution in [0.15, 0.2) is 24.3 Å². The van der Waals surface area contributed by atoms with E-state index in [2.05, 4.69) is 5.32 Å². The van der Waals surface area contributed by atoms with Crippen molar-refractivity contribution >= 4 is 5.91 Å². The molecule has 1 fully saturated rings. The van der Waals surface area contributed by atoms with Crippen molar-refractivity contribution in [2.75, 3.05) is 13.2 Å². The minimum atomic E-state index is -0.742. The van der Waals surface area contributed by atoms with E-state index in [4.69, 9.17) is 4.74 Å². The third kappa shape index (κ3) is 3.73. The average molecular weight is 277 g/mol. The molecule has 4 heteroatoms. The van der Waals surface area contributed by atoms with Crippen LogP contribution in [0.1, 0.15) is 49.4 Å². The van der Waals surface area contributed by atoms with Gasteiger partial charge < -0.3 is 15.2 Å². The lowest BCUT2D eigenvalue weighted by atomic mass is 9.85. The number of benzene rings is 1. The summed E-state index contributed by atoms with van der Waals surface area (Å²) in [6, 6.07) is 7.18. The molecule has 1 saturated carbocycles. The fourth-order valence-electron chi connectivity index (χ4n) is 2.66. The summed E-state index contributed by atoms with van der Waals surface area (Å²) in [7, 11) is 0. The van der Waals surface area contributed by atoms with Gasteiger partial charge in [-0.05, 0) is 31.9 Å². The van der Waals surface area contributed by atoms with E-state index < -0.39 is 5.60 Å². The van der Waals surface area contributed by atoms with Gasteiger partial charge in [0.2, 0.25) is 0 Å². The highest BCUT2D eigenvalue weighted by Crippen LogP contribution is 2.27. The molecule has 0 unspecified atom stereocenters. The third-order valence-corrected chi connectivity index (χ3v) is 3.79. The first-order chi connectivity index (χ1) is 9.64. The van der Waals surface area contributed by atoms with Crippen LogP contribution in [0.5, 0.6) is 5.75 Å². The molecule has 110 valence electrons. The predicted octanol–water partition coefficient (Wildman–Crippen LogP) is 2.51. The summed E-state index contributed by atoms with van der Waals surface area (Å²) in [5.74, 6) is 0.399. The van der Waals surface area contributed by atoms with Crippen molar-refractivity contribution in [2.45, 2.75) is 44.6 Å². The van der Waals surface area contributed by atoms with Crippen molar-refractivity contribution in [2.24, 2.45) is 0 Å². The second kappa shape index (κ2) is 6.75. The largest absolute Gasteiger partial charge is 0.493 e. The number of nitrogens with one attached hydrogen (secondary N) is 1. The second-order valence-electron chi connectivity index (χ2n) is 5.40. The molecule has 0 bridgehead atoms. The van der Waals surface area contributed by atoms with Gasteiger partial charge in [0.1, 0.15) is 5.75 Å². The molecule has 2 rings (SSSR count). The number of amides is 1. The first-order valence-electron chi connectivity index (χ1n) is 7.37. The summed E-state index contributed by atoms with van der Waals surface area (Å²) < 4.78 is 5.45. The van der Waals surface area contributed by atoms with Crippen LogP contribution in [0.25, 0.3) is 0 Å². The lowest BCUT2D eigenvalue weighted by Crippen LogP contribution is -2.44. The second-order valence-corrected chi connectivity index (χ2v) is 5.40. The van der Waals surface area contributed by atoms with Gasteiger partial charge in [-0.2, -0.15) is 0 Å². The Hall–Kier alpha value is -1.55. The Morgan fingerprint density at radius 2 is 2.00 bits per heavy atom. The van der Waals surface area contributed by atoms with E-state index in [9.17, 15) is 9.90 Å². The van der Waals surface area contributed by atoms with Crippen LogP contribution in [0.3, 0.4) is 0 Å². The summed E-state index contributed by atoms with van der Waals surface area (Å²) in [6.45, 7) is 2.72. The number of hydrogen-bond donors (Lipinski definition) is 2. The molecule has 1 aromatic carbocycles. The quantitative estimate of drug-likeness (QED) is 0.869. The lowest BCUT2D eigenvalue weighted by molar-refractivity contribution is 0.00522. The molecule has 0 radical (unpaired) electrons. The van der Waals surface area contributed by atoms with Gasteiger partial charge in [0.05, 0.1) is 17.8 Å². The van der Waals surface area contributed by atoms with Crippen molar-refractivity contribution in [1.29, 1.82) is 0 Å². The minimum Gasteiger partial charge on any atom is -0.493 e. The highest BCUT2D eigenvalue weighted by Gasteiger charge is 2.29. The smallest absolute Gasteiger partial charge is 0.255 e. The summed E-state index contributed by atoms with van der Waals surface area (Å²) in [4.78, 5) is 12.2. The zero-order valence-corrected chi connectivity index (χ0v) is 12.0. The first kappa shape index (κ1) is 14.9. The number of carbonyl (C=O) groups is 1. The normalized spacial score (nSPS) is 17.5. The van der Waals surface area contributed by atoms with E-state index in [1.807, 2.05) is 19.1 Å². The SMILES string of the molecule is CCOc1ccccc1C(=O)NCC1(O)CCCCC1. The minimum absolute atomic E-state index is 0.187. The molecule has 0 spiro atoms. The Kier molecular flexibility index (Phi) is 5.01. The Balaban J connectivity index is 1.98. The molecule has 4 nitrogen and oxygen atoms in total. The molecule has 0 aromatic heterocycles. The van der Waals surface area contributed by atoms with Crippen molar-refractivity contribution in [3.63, 3.8) is 0 Å². The van der Waals surface area contributed by atoms with E-state index in [-0.39, 0.29) is 5.91 Å². The van der Waals surface area contributed by atoms with E-state index in [1.54, 1.807) is 12.1 Å². The molecule has 1 aromatic rings. The van der Waals surface area contributed by atoms with Crippen LogP contribution < -0.4 is 10.1 Å². The van der Waals surface area contributed by atoms with E-state index >= 15 is 0 Å².